The van der Waals surface area contributed by atoms with Gasteiger partial charge in [0.25, 0.3) is 0 Å². The third-order valence-electron chi connectivity index (χ3n) is 4.41. The first kappa shape index (κ1) is 24.3. The molecular weight excluding hydrogens is 392 g/mol. The Balaban J connectivity index is 2.80. The first-order chi connectivity index (χ1) is 13.5. The van der Waals surface area contributed by atoms with Crippen LogP contribution in [0.1, 0.15) is 26.2 Å². The van der Waals surface area contributed by atoms with Gasteiger partial charge in [-0.25, -0.2) is 4.79 Å². The van der Waals surface area contributed by atoms with Gasteiger partial charge in [0, 0.05) is 6.54 Å². The van der Waals surface area contributed by atoms with E-state index >= 15 is 0 Å². The highest BCUT2D eigenvalue weighted by atomic mass is 16.4. The van der Waals surface area contributed by atoms with Crippen LogP contribution in [0.5, 0.6) is 0 Å². The molecule has 164 valence electrons. The maximum absolute atomic E-state index is 12.5. The van der Waals surface area contributed by atoms with Gasteiger partial charge in [-0.2, -0.15) is 0 Å². The van der Waals surface area contributed by atoms with E-state index in [2.05, 4.69) is 5.32 Å². The highest BCUT2D eigenvalue weighted by Gasteiger charge is 2.38. The molecule has 1 saturated heterocycles. The average Bonchev–Trinajstić information content (AvgIpc) is 3.11. The second-order valence-corrected chi connectivity index (χ2v) is 6.70. The summed E-state index contributed by atoms with van der Waals surface area (Å²) in [5.74, 6) is -5.32. The second-order valence-electron chi connectivity index (χ2n) is 6.70. The number of nitrogens with two attached hydrogens (primary N) is 1. The summed E-state index contributed by atoms with van der Waals surface area (Å²) in [7, 11) is 0. The molecule has 1 fully saturated rings. The average molecular weight is 418 g/mol. The number of carboxylic acid groups (broad SMARTS) is 2. The Labute approximate surface area is 165 Å². The zero-order valence-electron chi connectivity index (χ0n) is 15.8. The number of carbonyl (C=O) groups excluding carboxylic acids is 3. The highest BCUT2D eigenvalue weighted by Crippen LogP contribution is 2.19. The van der Waals surface area contributed by atoms with Gasteiger partial charge in [-0.15, -0.1) is 0 Å². The molecule has 0 radical (unpaired) electrons. The van der Waals surface area contributed by atoms with Gasteiger partial charge in [-0.3, -0.25) is 19.2 Å². The summed E-state index contributed by atoms with van der Waals surface area (Å²) in [5.41, 5.74) is 5.56. The van der Waals surface area contributed by atoms with E-state index in [-0.39, 0.29) is 13.0 Å². The van der Waals surface area contributed by atoms with Crippen LogP contribution in [0.2, 0.25) is 0 Å². The van der Waals surface area contributed by atoms with Crippen LogP contribution in [0.15, 0.2) is 0 Å². The molecule has 29 heavy (non-hydrogen) atoms. The highest BCUT2D eigenvalue weighted by molar-refractivity contribution is 5.95. The molecule has 0 aliphatic carbocycles. The monoisotopic (exact) mass is 418 g/mol. The Morgan fingerprint density at radius 1 is 1.17 bits per heavy atom. The molecule has 0 aromatic heterocycles. The van der Waals surface area contributed by atoms with Crippen LogP contribution in [0, 0.1) is 0 Å². The summed E-state index contributed by atoms with van der Waals surface area (Å²) in [6.45, 7) is 0.459. The molecule has 0 saturated carbocycles. The molecule has 1 aliphatic heterocycles. The van der Waals surface area contributed by atoms with Crippen molar-refractivity contribution in [3.63, 3.8) is 0 Å². The Morgan fingerprint density at radius 3 is 2.28 bits per heavy atom. The van der Waals surface area contributed by atoms with Crippen molar-refractivity contribution in [3.05, 3.63) is 0 Å². The van der Waals surface area contributed by atoms with Crippen LogP contribution < -0.4 is 16.4 Å². The van der Waals surface area contributed by atoms with Crippen molar-refractivity contribution in [1.29, 1.82) is 0 Å². The molecule has 1 aliphatic rings. The summed E-state index contributed by atoms with van der Waals surface area (Å²) < 4.78 is 0. The van der Waals surface area contributed by atoms with Crippen molar-refractivity contribution in [2.75, 3.05) is 13.2 Å². The molecule has 0 aromatic rings. The Bertz CT molecular complexity index is 654. The van der Waals surface area contributed by atoms with Crippen molar-refractivity contribution in [1.82, 2.24) is 15.5 Å². The first-order valence-electron chi connectivity index (χ1n) is 8.89. The largest absolute Gasteiger partial charge is 0.481 e. The van der Waals surface area contributed by atoms with Crippen LogP contribution in [-0.4, -0.2) is 98.4 Å². The van der Waals surface area contributed by atoms with Crippen molar-refractivity contribution >= 4 is 29.7 Å². The van der Waals surface area contributed by atoms with Crippen LogP contribution in [0.4, 0.5) is 0 Å². The number of aliphatic carboxylic acids is 2. The zero-order chi connectivity index (χ0) is 22.3. The number of carbonyl (C=O) groups is 5. The Hall–Kier alpha value is -2.77. The SMILES string of the molecule is CC(O)C(NC(=O)C(CO)NC(=O)C1CCCN1C(=O)C(N)CC(=O)O)C(=O)O. The predicted molar refractivity (Wildman–Crippen MR) is 95.2 cm³/mol. The zero-order valence-corrected chi connectivity index (χ0v) is 15.8. The van der Waals surface area contributed by atoms with E-state index < -0.39 is 73.0 Å². The quantitative estimate of drug-likeness (QED) is 0.183. The van der Waals surface area contributed by atoms with Crippen molar-refractivity contribution < 1.29 is 44.4 Å². The summed E-state index contributed by atoms with van der Waals surface area (Å²) in [6, 6.07) is -5.52. The number of nitrogens with one attached hydrogen (secondary N) is 2. The van der Waals surface area contributed by atoms with E-state index in [0.29, 0.717) is 6.42 Å². The molecule has 13 heteroatoms. The Kier molecular flexibility index (Phi) is 8.94. The second kappa shape index (κ2) is 10.7. The summed E-state index contributed by atoms with van der Waals surface area (Å²) in [4.78, 5) is 59.9. The Morgan fingerprint density at radius 2 is 1.79 bits per heavy atom. The molecule has 0 aromatic carbocycles. The van der Waals surface area contributed by atoms with E-state index in [0.717, 1.165) is 11.8 Å². The molecule has 0 bridgehead atoms. The summed E-state index contributed by atoms with van der Waals surface area (Å²) in [6.07, 6.45) is -1.35. The van der Waals surface area contributed by atoms with Crippen molar-refractivity contribution in [3.8, 4) is 0 Å². The fourth-order valence-corrected chi connectivity index (χ4v) is 2.90. The van der Waals surface area contributed by atoms with E-state index in [9.17, 15) is 34.2 Å². The normalized spacial score (nSPS) is 20.3. The van der Waals surface area contributed by atoms with Gasteiger partial charge in [0.05, 0.1) is 25.2 Å². The van der Waals surface area contributed by atoms with Gasteiger partial charge in [0.15, 0.2) is 6.04 Å². The van der Waals surface area contributed by atoms with Gasteiger partial charge >= 0.3 is 11.9 Å². The summed E-state index contributed by atoms with van der Waals surface area (Å²) in [5, 5.41) is 40.8. The van der Waals surface area contributed by atoms with Crippen molar-refractivity contribution in [2.45, 2.75) is 56.5 Å². The van der Waals surface area contributed by atoms with Crippen LogP contribution in [0.25, 0.3) is 0 Å². The minimum atomic E-state index is -1.65. The lowest BCUT2D eigenvalue weighted by Gasteiger charge is -2.28. The lowest BCUT2D eigenvalue weighted by Crippen LogP contribution is -2.58. The molecule has 5 atom stereocenters. The molecule has 0 spiro atoms. The van der Waals surface area contributed by atoms with E-state index in [4.69, 9.17) is 15.9 Å². The van der Waals surface area contributed by atoms with Gasteiger partial charge in [-0.1, -0.05) is 0 Å². The van der Waals surface area contributed by atoms with Gasteiger partial charge < -0.3 is 41.7 Å². The number of carboxylic acids is 2. The fraction of sp³-hybridized carbons (Fsp3) is 0.688. The number of amides is 3. The third-order valence-corrected chi connectivity index (χ3v) is 4.41. The number of nitrogens with zero attached hydrogens (tertiary/aromatic N) is 1. The van der Waals surface area contributed by atoms with E-state index in [1.807, 2.05) is 5.32 Å². The first-order valence-corrected chi connectivity index (χ1v) is 8.89. The number of hydrogen-bond acceptors (Lipinski definition) is 8. The fourth-order valence-electron chi connectivity index (χ4n) is 2.90. The molecule has 8 N–H and O–H groups in total. The van der Waals surface area contributed by atoms with Crippen molar-refractivity contribution in [2.24, 2.45) is 5.73 Å². The van der Waals surface area contributed by atoms with E-state index in [1.54, 1.807) is 0 Å². The van der Waals surface area contributed by atoms with E-state index in [1.165, 1.54) is 0 Å². The smallest absolute Gasteiger partial charge is 0.328 e. The van der Waals surface area contributed by atoms with Gasteiger partial charge in [-0.05, 0) is 19.8 Å². The van der Waals surface area contributed by atoms with Gasteiger partial charge in [0.2, 0.25) is 17.7 Å². The molecule has 1 heterocycles. The van der Waals surface area contributed by atoms with Gasteiger partial charge in [0.1, 0.15) is 12.1 Å². The molecule has 3 amide bonds. The van der Waals surface area contributed by atoms with Crippen LogP contribution in [-0.2, 0) is 24.0 Å². The number of hydrogen-bond donors (Lipinski definition) is 7. The number of aliphatic hydroxyl groups is 2. The van der Waals surface area contributed by atoms with Crippen LogP contribution in [0.3, 0.4) is 0 Å². The predicted octanol–water partition coefficient (Wildman–Crippen LogP) is -3.79. The lowest BCUT2D eigenvalue weighted by atomic mass is 10.1. The molecule has 5 unspecified atom stereocenters. The number of rotatable bonds is 10. The molecule has 13 nitrogen and oxygen atoms in total. The summed E-state index contributed by atoms with van der Waals surface area (Å²) >= 11 is 0. The topological polar surface area (TPSA) is 220 Å². The third kappa shape index (κ3) is 6.66. The maximum atomic E-state index is 12.5. The number of likely N-dealkylation sites (tertiary alicyclic amines) is 1. The standard InChI is InChI=1S/C16H26N4O9/c1-7(22)12(16(28)29)19-13(25)9(6-21)18-14(26)10-3-2-4-20(10)15(27)8(17)5-11(23)24/h7-10,12,21-22H,2-6,17H2,1H3,(H,18,26)(H,19,25)(H,23,24)(H,28,29). The van der Waals surface area contributed by atoms with Crippen LogP contribution >= 0.6 is 0 Å². The minimum absolute atomic E-state index is 0.170. The molecule has 1 rings (SSSR count). The minimum Gasteiger partial charge on any atom is -0.481 e. The number of aliphatic hydroxyl groups excluding tert-OH is 2. The molecular formula is C16H26N4O9. The maximum Gasteiger partial charge on any atom is 0.328 e. The lowest BCUT2D eigenvalue weighted by molar-refractivity contribution is -0.146.